The molecule has 4 nitrogen and oxygen atoms in total. The number of carbonyl (C=O) groups excluding carboxylic acids is 2. The number of benzene rings is 1. The molecule has 2 amide bonds. The summed E-state index contributed by atoms with van der Waals surface area (Å²) in [4.78, 5) is 26.1. The van der Waals surface area contributed by atoms with Crippen LogP contribution in [0.2, 0.25) is 0 Å². The number of methoxy groups -OCH3 is 1. The predicted molar refractivity (Wildman–Crippen MR) is 71.0 cm³/mol. The first-order chi connectivity index (χ1) is 9.16. The first-order valence-electron chi connectivity index (χ1n) is 6.68. The van der Waals surface area contributed by atoms with Gasteiger partial charge in [-0.2, -0.15) is 0 Å². The molecule has 1 aromatic carbocycles. The summed E-state index contributed by atoms with van der Waals surface area (Å²) in [7, 11) is 1.59. The Labute approximate surface area is 112 Å². The number of imide groups is 1. The van der Waals surface area contributed by atoms with Gasteiger partial charge in [0.15, 0.2) is 0 Å². The number of rotatable bonds is 2. The molecule has 1 aromatic rings. The lowest BCUT2D eigenvalue weighted by atomic mass is 9.84. The fourth-order valence-electron chi connectivity index (χ4n) is 3.23. The Morgan fingerprint density at radius 1 is 1.11 bits per heavy atom. The summed E-state index contributed by atoms with van der Waals surface area (Å²) < 4.78 is 5.09. The van der Waals surface area contributed by atoms with Crippen LogP contribution in [0.1, 0.15) is 32.1 Å². The van der Waals surface area contributed by atoms with Crippen LogP contribution in [-0.4, -0.2) is 18.9 Å². The third-order valence-corrected chi connectivity index (χ3v) is 4.29. The van der Waals surface area contributed by atoms with E-state index in [1.807, 2.05) is 0 Å². The van der Waals surface area contributed by atoms with Gasteiger partial charge in [0.1, 0.15) is 5.75 Å². The molecule has 2 aliphatic rings. The van der Waals surface area contributed by atoms with Gasteiger partial charge in [-0.3, -0.25) is 14.5 Å². The normalized spacial score (nSPS) is 21.4. The Hall–Kier alpha value is -1.84. The molecule has 1 spiro atoms. The zero-order valence-electron chi connectivity index (χ0n) is 11.0. The van der Waals surface area contributed by atoms with Crippen LogP contribution in [0, 0.1) is 5.41 Å². The number of nitrogens with zero attached hydrogens (tertiary/aromatic N) is 1. The van der Waals surface area contributed by atoms with Crippen molar-refractivity contribution >= 4 is 17.5 Å². The van der Waals surface area contributed by atoms with Gasteiger partial charge in [0, 0.05) is 6.42 Å². The summed E-state index contributed by atoms with van der Waals surface area (Å²) in [5, 5.41) is 0. The van der Waals surface area contributed by atoms with E-state index in [0.29, 0.717) is 12.1 Å². The highest BCUT2D eigenvalue weighted by Crippen LogP contribution is 2.47. The van der Waals surface area contributed by atoms with Crippen LogP contribution >= 0.6 is 0 Å². The molecule has 1 saturated heterocycles. The molecule has 4 heteroatoms. The standard InChI is InChI=1S/C15H17NO3/c1-19-12-6-4-11(5-7-12)16-13(17)10-15(14(16)18)8-2-3-9-15/h4-7H,2-3,8-10H2,1H3. The van der Waals surface area contributed by atoms with Crippen molar-refractivity contribution in [3.05, 3.63) is 24.3 Å². The third kappa shape index (κ3) is 1.82. The maximum atomic E-state index is 12.6. The van der Waals surface area contributed by atoms with Crippen LogP contribution in [0.5, 0.6) is 5.75 Å². The summed E-state index contributed by atoms with van der Waals surface area (Å²) in [6.07, 6.45) is 4.18. The van der Waals surface area contributed by atoms with Gasteiger partial charge in [-0.15, -0.1) is 0 Å². The highest BCUT2D eigenvalue weighted by molar-refractivity contribution is 6.22. The molecular weight excluding hydrogens is 242 g/mol. The lowest BCUT2D eigenvalue weighted by Crippen LogP contribution is -2.34. The van der Waals surface area contributed by atoms with Gasteiger partial charge in [-0.1, -0.05) is 12.8 Å². The van der Waals surface area contributed by atoms with Crippen LogP contribution in [0.15, 0.2) is 24.3 Å². The second-order valence-corrected chi connectivity index (χ2v) is 5.40. The fraction of sp³-hybridized carbons (Fsp3) is 0.467. The number of hydrogen-bond acceptors (Lipinski definition) is 3. The first kappa shape index (κ1) is 12.2. The maximum Gasteiger partial charge on any atom is 0.240 e. The van der Waals surface area contributed by atoms with Crippen molar-refractivity contribution in [1.29, 1.82) is 0 Å². The molecule has 0 atom stereocenters. The summed E-state index contributed by atoms with van der Waals surface area (Å²) in [5.41, 5.74) is 0.247. The zero-order chi connectivity index (χ0) is 13.5. The van der Waals surface area contributed by atoms with Gasteiger partial charge in [-0.25, -0.2) is 0 Å². The molecule has 1 aliphatic carbocycles. The molecule has 1 aliphatic heterocycles. The highest BCUT2D eigenvalue weighted by atomic mass is 16.5. The summed E-state index contributed by atoms with van der Waals surface area (Å²) in [5.74, 6) is 0.635. The van der Waals surface area contributed by atoms with Crippen molar-refractivity contribution in [1.82, 2.24) is 0 Å². The average Bonchev–Trinajstić information content (AvgIpc) is 2.97. The van der Waals surface area contributed by atoms with Gasteiger partial charge >= 0.3 is 0 Å². The molecule has 3 rings (SSSR count). The maximum absolute atomic E-state index is 12.6. The Morgan fingerprint density at radius 2 is 1.74 bits per heavy atom. The molecule has 1 heterocycles. The molecule has 19 heavy (non-hydrogen) atoms. The molecule has 0 aromatic heterocycles. The van der Waals surface area contributed by atoms with E-state index in [4.69, 9.17) is 4.74 Å². The van der Waals surface area contributed by atoms with Crippen molar-refractivity contribution < 1.29 is 14.3 Å². The molecule has 0 unspecified atom stereocenters. The van der Waals surface area contributed by atoms with E-state index in [9.17, 15) is 9.59 Å². The minimum absolute atomic E-state index is 0.0137. The molecule has 1 saturated carbocycles. The molecule has 0 bridgehead atoms. The van der Waals surface area contributed by atoms with E-state index in [0.717, 1.165) is 31.4 Å². The predicted octanol–water partition coefficient (Wildman–Crippen LogP) is 2.52. The Balaban J connectivity index is 1.91. The summed E-state index contributed by atoms with van der Waals surface area (Å²) >= 11 is 0. The number of carbonyl (C=O) groups is 2. The monoisotopic (exact) mass is 259 g/mol. The zero-order valence-corrected chi connectivity index (χ0v) is 11.0. The summed E-state index contributed by atoms with van der Waals surface area (Å²) in [6.45, 7) is 0. The van der Waals surface area contributed by atoms with Crippen molar-refractivity contribution in [2.45, 2.75) is 32.1 Å². The SMILES string of the molecule is COc1ccc(N2C(=O)CC3(CCCC3)C2=O)cc1. The van der Waals surface area contributed by atoms with Gasteiger partial charge < -0.3 is 4.74 Å². The Kier molecular flexibility index (Phi) is 2.81. The van der Waals surface area contributed by atoms with Crippen molar-refractivity contribution in [3.8, 4) is 5.75 Å². The number of ether oxygens (including phenoxy) is 1. The van der Waals surface area contributed by atoms with Gasteiger partial charge in [-0.05, 0) is 37.1 Å². The lowest BCUT2D eigenvalue weighted by Gasteiger charge is -2.21. The highest BCUT2D eigenvalue weighted by Gasteiger charge is 2.52. The largest absolute Gasteiger partial charge is 0.497 e. The number of amides is 2. The van der Waals surface area contributed by atoms with Crippen LogP contribution in [-0.2, 0) is 9.59 Å². The van der Waals surface area contributed by atoms with Crippen LogP contribution in [0.4, 0.5) is 5.69 Å². The van der Waals surface area contributed by atoms with E-state index in [1.165, 1.54) is 4.90 Å². The molecule has 0 radical (unpaired) electrons. The Morgan fingerprint density at radius 3 is 2.32 bits per heavy atom. The van der Waals surface area contributed by atoms with E-state index < -0.39 is 5.41 Å². The smallest absolute Gasteiger partial charge is 0.240 e. The fourth-order valence-corrected chi connectivity index (χ4v) is 3.23. The summed E-state index contributed by atoms with van der Waals surface area (Å²) in [6, 6.07) is 7.08. The van der Waals surface area contributed by atoms with Gasteiger partial charge in [0.2, 0.25) is 11.8 Å². The van der Waals surface area contributed by atoms with E-state index in [-0.39, 0.29) is 11.8 Å². The number of anilines is 1. The van der Waals surface area contributed by atoms with E-state index in [2.05, 4.69) is 0 Å². The van der Waals surface area contributed by atoms with Crippen molar-refractivity contribution in [2.24, 2.45) is 5.41 Å². The minimum atomic E-state index is -0.406. The average molecular weight is 259 g/mol. The first-order valence-corrected chi connectivity index (χ1v) is 6.68. The van der Waals surface area contributed by atoms with Gasteiger partial charge in [0.25, 0.3) is 0 Å². The minimum Gasteiger partial charge on any atom is -0.497 e. The number of hydrogen-bond donors (Lipinski definition) is 0. The van der Waals surface area contributed by atoms with Gasteiger partial charge in [0.05, 0.1) is 18.2 Å². The Bertz CT molecular complexity index is 515. The van der Waals surface area contributed by atoms with Crippen molar-refractivity contribution in [3.63, 3.8) is 0 Å². The van der Waals surface area contributed by atoms with Crippen molar-refractivity contribution in [2.75, 3.05) is 12.0 Å². The lowest BCUT2D eigenvalue weighted by molar-refractivity contribution is -0.125. The molecule has 2 fully saturated rings. The second kappa shape index (κ2) is 4.37. The quantitative estimate of drug-likeness (QED) is 0.767. The van der Waals surface area contributed by atoms with Crippen LogP contribution in [0.3, 0.4) is 0 Å². The van der Waals surface area contributed by atoms with Crippen LogP contribution < -0.4 is 9.64 Å². The second-order valence-electron chi connectivity index (χ2n) is 5.40. The van der Waals surface area contributed by atoms with E-state index >= 15 is 0 Å². The van der Waals surface area contributed by atoms with Crippen LogP contribution in [0.25, 0.3) is 0 Å². The topological polar surface area (TPSA) is 46.6 Å². The molecular formula is C15H17NO3. The molecule has 100 valence electrons. The van der Waals surface area contributed by atoms with E-state index in [1.54, 1.807) is 31.4 Å². The third-order valence-electron chi connectivity index (χ3n) is 4.29. The molecule has 0 N–H and O–H groups in total.